The third-order valence-electron chi connectivity index (χ3n) is 1.88. The van der Waals surface area contributed by atoms with E-state index in [0.29, 0.717) is 5.92 Å². The lowest BCUT2D eigenvalue weighted by Gasteiger charge is -2.11. The molecule has 0 aromatic rings. The molecule has 0 aliphatic rings. The van der Waals surface area contributed by atoms with Crippen LogP contribution in [-0.2, 0) is 0 Å². The van der Waals surface area contributed by atoms with Crippen molar-refractivity contribution in [3.8, 4) is 0 Å². The molecule has 70 valence electrons. The average molecular weight is 167 g/mol. The van der Waals surface area contributed by atoms with Crippen molar-refractivity contribution in [1.29, 1.82) is 0 Å². The van der Waals surface area contributed by atoms with Gasteiger partial charge in [-0.05, 0) is 31.9 Å². The third kappa shape index (κ3) is 4.35. The zero-order chi connectivity index (χ0) is 9.40. The molecule has 1 heteroatoms. The van der Waals surface area contributed by atoms with Crippen LogP contribution in [0.15, 0.2) is 23.8 Å². The average Bonchev–Trinajstić information content (AvgIpc) is 2.04. The van der Waals surface area contributed by atoms with E-state index in [-0.39, 0.29) is 0 Å². The zero-order valence-corrected chi connectivity index (χ0v) is 8.72. The Morgan fingerprint density at radius 3 is 2.58 bits per heavy atom. The highest BCUT2D eigenvalue weighted by Gasteiger charge is 2.02. The summed E-state index contributed by atoms with van der Waals surface area (Å²) in [4.78, 5) is 0. The van der Waals surface area contributed by atoms with Crippen LogP contribution in [-0.4, -0.2) is 13.6 Å². The molecule has 0 aromatic carbocycles. The summed E-state index contributed by atoms with van der Waals surface area (Å²) in [5, 5.41) is 3.19. The molecule has 1 atom stereocenters. The highest BCUT2D eigenvalue weighted by molar-refractivity contribution is 5.20. The van der Waals surface area contributed by atoms with Crippen molar-refractivity contribution >= 4 is 0 Å². The topological polar surface area (TPSA) is 12.0 Å². The van der Waals surface area contributed by atoms with Crippen LogP contribution in [0, 0.1) is 5.92 Å². The number of rotatable bonds is 5. The molecule has 0 saturated heterocycles. The molecule has 1 unspecified atom stereocenters. The second-order valence-corrected chi connectivity index (χ2v) is 3.07. The summed E-state index contributed by atoms with van der Waals surface area (Å²) in [5.74, 6) is 0.617. The van der Waals surface area contributed by atoms with Gasteiger partial charge < -0.3 is 5.32 Å². The fourth-order valence-electron chi connectivity index (χ4n) is 1.29. The van der Waals surface area contributed by atoms with Crippen molar-refractivity contribution in [1.82, 2.24) is 5.32 Å². The molecule has 0 fully saturated rings. The number of hydrogen-bond donors (Lipinski definition) is 1. The largest absolute Gasteiger partial charge is 0.319 e. The molecule has 0 bridgehead atoms. The number of allylic oxidation sites excluding steroid dienone is 3. The van der Waals surface area contributed by atoms with Crippen LogP contribution in [0.5, 0.6) is 0 Å². The first-order chi connectivity index (χ1) is 5.76. The van der Waals surface area contributed by atoms with Gasteiger partial charge >= 0.3 is 0 Å². The Bertz CT molecular complexity index is 156. The molecule has 0 heterocycles. The van der Waals surface area contributed by atoms with E-state index in [2.05, 4.69) is 44.3 Å². The summed E-state index contributed by atoms with van der Waals surface area (Å²) in [6.07, 6.45) is 7.72. The minimum Gasteiger partial charge on any atom is -0.319 e. The molecule has 12 heavy (non-hydrogen) atoms. The Hall–Kier alpha value is -0.560. The van der Waals surface area contributed by atoms with E-state index in [1.54, 1.807) is 0 Å². The van der Waals surface area contributed by atoms with Gasteiger partial charge in [0.25, 0.3) is 0 Å². The minimum absolute atomic E-state index is 0.617. The van der Waals surface area contributed by atoms with E-state index >= 15 is 0 Å². The van der Waals surface area contributed by atoms with Crippen LogP contribution in [0.3, 0.4) is 0 Å². The fourth-order valence-corrected chi connectivity index (χ4v) is 1.29. The Labute approximate surface area is 76.6 Å². The maximum atomic E-state index is 3.19. The first-order valence-corrected chi connectivity index (χ1v) is 4.73. The highest BCUT2D eigenvalue weighted by Crippen LogP contribution is 2.11. The lowest BCUT2D eigenvalue weighted by Crippen LogP contribution is -2.17. The lowest BCUT2D eigenvalue weighted by molar-refractivity contribution is 0.627. The Kier molecular flexibility index (Phi) is 6.78. The Balaban J connectivity index is 4.19. The quantitative estimate of drug-likeness (QED) is 0.621. The molecule has 0 aromatic heterocycles. The third-order valence-corrected chi connectivity index (χ3v) is 1.88. The minimum atomic E-state index is 0.617. The molecule has 0 aliphatic carbocycles. The van der Waals surface area contributed by atoms with E-state index < -0.39 is 0 Å². The summed E-state index contributed by atoms with van der Waals surface area (Å²) in [5.41, 5.74) is 1.44. The first-order valence-electron chi connectivity index (χ1n) is 4.73. The van der Waals surface area contributed by atoms with Crippen LogP contribution in [0.4, 0.5) is 0 Å². The van der Waals surface area contributed by atoms with Crippen molar-refractivity contribution in [2.75, 3.05) is 13.6 Å². The van der Waals surface area contributed by atoms with Gasteiger partial charge in [0.15, 0.2) is 0 Å². The van der Waals surface area contributed by atoms with Gasteiger partial charge in [0, 0.05) is 6.54 Å². The standard InChI is InChI=1S/C11H21N/c1-5-7-11(8-6-2)10(3)9-12-4/h5,7-8,10,12H,6,9H2,1-4H3/b7-5-,11-8+. The molecule has 0 radical (unpaired) electrons. The van der Waals surface area contributed by atoms with Gasteiger partial charge in [-0.25, -0.2) is 0 Å². The van der Waals surface area contributed by atoms with Gasteiger partial charge in [-0.2, -0.15) is 0 Å². The van der Waals surface area contributed by atoms with E-state index in [1.165, 1.54) is 5.57 Å². The highest BCUT2D eigenvalue weighted by atomic mass is 14.8. The lowest BCUT2D eigenvalue weighted by atomic mass is 9.99. The van der Waals surface area contributed by atoms with Crippen LogP contribution < -0.4 is 5.32 Å². The van der Waals surface area contributed by atoms with Crippen molar-refractivity contribution in [2.45, 2.75) is 27.2 Å². The van der Waals surface area contributed by atoms with E-state index in [0.717, 1.165) is 13.0 Å². The van der Waals surface area contributed by atoms with Gasteiger partial charge in [-0.3, -0.25) is 0 Å². The molecule has 0 rings (SSSR count). The van der Waals surface area contributed by atoms with Gasteiger partial charge in [-0.1, -0.05) is 32.1 Å². The predicted molar refractivity (Wildman–Crippen MR) is 56.3 cm³/mol. The van der Waals surface area contributed by atoms with Crippen molar-refractivity contribution in [2.24, 2.45) is 5.92 Å². The first kappa shape index (κ1) is 11.4. The predicted octanol–water partition coefficient (Wildman–Crippen LogP) is 2.75. The van der Waals surface area contributed by atoms with E-state index in [9.17, 15) is 0 Å². The number of hydrogen-bond acceptors (Lipinski definition) is 1. The molecule has 1 N–H and O–H groups in total. The van der Waals surface area contributed by atoms with Crippen molar-refractivity contribution in [3.63, 3.8) is 0 Å². The molecule has 0 aliphatic heterocycles. The van der Waals surface area contributed by atoms with Gasteiger partial charge in [0.1, 0.15) is 0 Å². The molecular weight excluding hydrogens is 146 g/mol. The Morgan fingerprint density at radius 1 is 1.50 bits per heavy atom. The summed E-state index contributed by atoms with van der Waals surface area (Å²) < 4.78 is 0. The summed E-state index contributed by atoms with van der Waals surface area (Å²) >= 11 is 0. The van der Waals surface area contributed by atoms with Crippen LogP contribution >= 0.6 is 0 Å². The second-order valence-electron chi connectivity index (χ2n) is 3.07. The maximum Gasteiger partial charge on any atom is 0.00143 e. The fraction of sp³-hybridized carbons (Fsp3) is 0.636. The second kappa shape index (κ2) is 7.11. The molecule has 0 saturated carbocycles. The van der Waals surface area contributed by atoms with E-state index in [4.69, 9.17) is 0 Å². The van der Waals surface area contributed by atoms with Crippen LogP contribution in [0.2, 0.25) is 0 Å². The number of nitrogens with one attached hydrogen (secondary N) is 1. The molecule has 0 spiro atoms. The molecule has 0 amide bonds. The SMILES string of the molecule is C/C=C\C(=C/CC)C(C)CNC. The van der Waals surface area contributed by atoms with Crippen molar-refractivity contribution in [3.05, 3.63) is 23.8 Å². The Morgan fingerprint density at radius 2 is 2.17 bits per heavy atom. The van der Waals surface area contributed by atoms with Gasteiger partial charge in [0.2, 0.25) is 0 Å². The van der Waals surface area contributed by atoms with Crippen LogP contribution in [0.1, 0.15) is 27.2 Å². The smallest absolute Gasteiger partial charge is 0.00143 e. The van der Waals surface area contributed by atoms with Gasteiger partial charge in [-0.15, -0.1) is 0 Å². The summed E-state index contributed by atoms with van der Waals surface area (Å²) in [7, 11) is 2.00. The molecular formula is C11H21N. The van der Waals surface area contributed by atoms with Crippen molar-refractivity contribution < 1.29 is 0 Å². The maximum absolute atomic E-state index is 3.19. The molecule has 1 nitrogen and oxygen atoms in total. The normalized spacial score (nSPS) is 15.5. The monoisotopic (exact) mass is 167 g/mol. The van der Waals surface area contributed by atoms with Gasteiger partial charge in [0.05, 0.1) is 0 Å². The summed E-state index contributed by atoms with van der Waals surface area (Å²) in [6, 6.07) is 0. The summed E-state index contributed by atoms with van der Waals surface area (Å²) in [6.45, 7) is 7.54. The zero-order valence-electron chi connectivity index (χ0n) is 8.72. The van der Waals surface area contributed by atoms with Crippen LogP contribution in [0.25, 0.3) is 0 Å². The van der Waals surface area contributed by atoms with E-state index in [1.807, 2.05) is 7.05 Å².